The van der Waals surface area contributed by atoms with Gasteiger partial charge in [0.2, 0.25) is 1.43 Å². The SMILES string of the molecule is [2H]OC(O)CCCCC. The predicted molar refractivity (Wildman–Crippen MR) is 32.4 cm³/mol. The van der Waals surface area contributed by atoms with E-state index in [-0.39, 0.29) is 0 Å². The molecule has 0 aliphatic rings. The summed E-state index contributed by atoms with van der Waals surface area (Å²) < 4.78 is 6.29. The maximum absolute atomic E-state index is 8.67. The van der Waals surface area contributed by atoms with Gasteiger partial charge in [-0.25, -0.2) is 0 Å². The lowest BCUT2D eigenvalue weighted by Crippen LogP contribution is -2.02. The van der Waals surface area contributed by atoms with Gasteiger partial charge in [0, 0.05) is 0 Å². The largest absolute Gasteiger partial charge is 0.368 e. The predicted octanol–water partition coefficient (Wildman–Crippen LogP) is 0.877. The summed E-state index contributed by atoms with van der Waals surface area (Å²) in [7, 11) is 0. The molecule has 0 saturated heterocycles. The molecule has 0 heterocycles. The summed E-state index contributed by atoms with van der Waals surface area (Å²) in [5.74, 6) is 0. The third-order valence-electron chi connectivity index (χ3n) is 1.05. The molecule has 0 aliphatic heterocycles. The zero-order valence-electron chi connectivity index (χ0n) is 6.26. The van der Waals surface area contributed by atoms with E-state index in [2.05, 4.69) is 12.0 Å². The van der Waals surface area contributed by atoms with E-state index in [0.29, 0.717) is 6.42 Å². The highest BCUT2D eigenvalue weighted by Crippen LogP contribution is 1.99. The molecule has 0 amide bonds. The third-order valence-corrected chi connectivity index (χ3v) is 1.05. The minimum atomic E-state index is -0.878. The monoisotopic (exact) mass is 119 g/mol. The first-order valence-electron chi connectivity index (χ1n) is 3.52. The molecule has 8 heavy (non-hydrogen) atoms. The summed E-state index contributed by atoms with van der Waals surface area (Å²) in [6.45, 7) is 2.09. The number of hydrogen-bond acceptors (Lipinski definition) is 2. The van der Waals surface area contributed by atoms with Gasteiger partial charge in [-0.15, -0.1) is 0 Å². The van der Waals surface area contributed by atoms with Crippen molar-refractivity contribution in [2.45, 2.75) is 38.9 Å². The zero-order chi connectivity index (χ0) is 7.11. The van der Waals surface area contributed by atoms with Gasteiger partial charge in [-0.05, 0) is 12.8 Å². The highest BCUT2D eigenvalue weighted by molar-refractivity contribution is 4.40. The lowest BCUT2D eigenvalue weighted by Gasteiger charge is -1.99. The minimum Gasteiger partial charge on any atom is -0.368 e. The van der Waals surface area contributed by atoms with Crippen LogP contribution in [0.5, 0.6) is 0 Å². The number of unbranched alkanes of at least 4 members (excludes halogenated alkanes) is 2. The molecule has 0 spiro atoms. The van der Waals surface area contributed by atoms with E-state index < -0.39 is 6.29 Å². The molecule has 1 atom stereocenters. The van der Waals surface area contributed by atoms with Crippen molar-refractivity contribution in [3.63, 3.8) is 0 Å². The minimum absolute atomic E-state index is 0.581. The van der Waals surface area contributed by atoms with Crippen LogP contribution < -0.4 is 0 Å². The Hall–Kier alpha value is -0.0800. The van der Waals surface area contributed by atoms with Gasteiger partial charge in [0.1, 0.15) is 0 Å². The maximum atomic E-state index is 8.67. The van der Waals surface area contributed by atoms with Gasteiger partial charge in [0.05, 0.1) is 0 Å². The summed E-state index contributed by atoms with van der Waals surface area (Å²) >= 11 is 0. The van der Waals surface area contributed by atoms with Crippen molar-refractivity contribution in [1.82, 2.24) is 0 Å². The van der Waals surface area contributed by atoms with E-state index >= 15 is 0 Å². The second-order valence-corrected chi connectivity index (χ2v) is 1.95. The van der Waals surface area contributed by atoms with Crippen molar-refractivity contribution < 1.29 is 10.2 Å². The Bertz CT molecular complexity index is 59.0. The van der Waals surface area contributed by atoms with Crippen LogP contribution >= 0.6 is 0 Å². The van der Waals surface area contributed by atoms with Gasteiger partial charge < -0.3 is 10.2 Å². The Morgan fingerprint density at radius 1 is 1.62 bits per heavy atom. The van der Waals surface area contributed by atoms with E-state index in [1.165, 1.54) is 0 Å². The van der Waals surface area contributed by atoms with E-state index in [9.17, 15) is 0 Å². The average molecular weight is 119 g/mol. The fraction of sp³-hybridized carbons (Fsp3) is 1.00. The van der Waals surface area contributed by atoms with Crippen molar-refractivity contribution in [1.29, 1.82) is 1.43 Å². The number of aliphatic hydroxyl groups is 2. The zero-order valence-corrected chi connectivity index (χ0v) is 5.26. The van der Waals surface area contributed by atoms with Crippen molar-refractivity contribution in [3.05, 3.63) is 0 Å². The molecule has 0 aromatic heterocycles. The Balaban J connectivity index is 2.88. The molecule has 0 rings (SSSR count). The quantitative estimate of drug-likeness (QED) is 0.416. The lowest BCUT2D eigenvalue weighted by atomic mass is 10.2. The highest BCUT2D eigenvalue weighted by atomic mass is 16.5. The first-order chi connectivity index (χ1) is 4.31. The van der Waals surface area contributed by atoms with Crippen LogP contribution in [-0.4, -0.2) is 17.9 Å². The highest BCUT2D eigenvalue weighted by Gasteiger charge is 1.93. The molecule has 0 radical (unpaired) electrons. The molecule has 2 heteroatoms. The molecule has 2 nitrogen and oxygen atoms in total. The van der Waals surface area contributed by atoms with E-state index in [1.54, 1.807) is 0 Å². The number of hydrogen-bond donors (Lipinski definition) is 2. The molecular formula is C6H14O2. The first-order valence-corrected chi connectivity index (χ1v) is 3.11. The molecule has 50 valence electrons. The molecule has 1 unspecified atom stereocenters. The van der Waals surface area contributed by atoms with Crippen LogP contribution in [0.4, 0.5) is 0 Å². The Labute approximate surface area is 51.6 Å². The summed E-state index contributed by atoms with van der Waals surface area (Å²) in [5.41, 5.74) is 0. The fourth-order valence-corrected chi connectivity index (χ4v) is 0.569. The molecule has 0 aromatic carbocycles. The topological polar surface area (TPSA) is 40.5 Å². The molecule has 0 bridgehead atoms. The van der Waals surface area contributed by atoms with Crippen molar-refractivity contribution >= 4 is 0 Å². The van der Waals surface area contributed by atoms with Gasteiger partial charge >= 0.3 is 0 Å². The van der Waals surface area contributed by atoms with Crippen LogP contribution in [0.1, 0.15) is 32.6 Å². The first kappa shape index (κ1) is 6.05. The summed E-state index contributed by atoms with van der Waals surface area (Å²) in [4.78, 5) is 0. The van der Waals surface area contributed by atoms with Crippen LogP contribution in [0.15, 0.2) is 0 Å². The lowest BCUT2D eigenvalue weighted by molar-refractivity contribution is -0.0465. The molecule has 0 aliphatic carbocycles. The summed E-state index contributed by atoms with van der Waals surface area (Å²) in [5, 5.41) is 12.6. The second-order valence-electron chi connectivity index (χ2n) is 1.95. The Kier molecular flexibility index (Phi) is 3.83. The van der Waals surface area contributed by atoms with Crippen LogP contribution in [0, 0.1) is 0 Å². The molecule has 0 aromatic rings. The standard InChI is InChI=1S/C6H14O2/c1-2-3-4-5-6(7)8/h6-8H,2-5H2,1H3/i7D. The average Bonchev–Trinajstić information content (AvgIpc) is 1.89. The van der Waals surface area contributed by atoms with Crippen LogP contribution in [0.3, 0.4) is 0 Å². The molecular weight excluding hydrogens is 104 g/mol. The van der Waals surface area contributed by atoms with Gasteiger partial charge in [0.15, 0.2) is 6.29 Å². The van der Waals surface area contributed by atoms with Crippen LogP contribution in [0.25, 0.3) is 0 Å². The third kappa shape index (κ3) is 5.92. The number of rotatable bonds is 5. The van der Waals surface area contributed by atoms with Gasteiger partial charge in [-0.3, -0.25) is 0 Å². The van der Waals surface area contributed by atoms with Crippen molar-refractivity contribution in [3.8, 4) is 0 Å². The summed E-state index contributed by atoms with van der Waals surface area (Å²) in [6, 6.07) is 0. The normalized spacial score (nSPS) is 15.5. The molecule has 0 fully saturated rings. The molecule has 2 N–H and O–H groups in total. The van der Waals surface area contributed by atoms with Crippen molar-refractivity contribution in [2.75, 3.05) is 0 Å². The van der Waals surface area contributed by atoms with E-state index in [4.69, 9.17) is 6.54 Å². The Morgan fingerprint density at radius 3 is 2.88 bits per heavy atom. The second kappa shape index (κ2) is 5.06. The van der Waals surface area contributed by atoms with Gasteiger partial charge in [-0.2, -0.15) is 0 Å². The van der Waals surface area contributed by atoms with Gasteiger partial charge in [-0.1, -0.05) is 19.8 Å². The van der Waals surface area contributed by atoms with E-state index in [0.717, 1.165) is 19.3 Å². The fourth-order valence-electron chi connectivity index (χ4n) is 0.569. The smallest absolute Gasteiger partial charge is 0.213 e. The Morgan fingerprint density at radius 2 is 2.38 bits per heavy atom. The van der Waals surface area contributed by atoms with Gasteiger partial charge in [0.25, 0.3) is 0 Å². The van der Waals surface area contributed by atoms with Crippen LogP contribution in [-0.2, 0) is 0 Å². The maximum Gasteiger partial charge on any atom is 0.213 e. The summed E-state index contributed by atoms with van der Waals surface area (Å²) in [6.07, 6.45) is 2.87. The van der Waals surface area contributed by atoms with E-state index in [1.807, 2.05) is 0 Å². The number of aliphatic hydroxyl groups excluding tert-OH is 1. The van der Waals surface area contributed by atoms with Crippen LogP contribution in [0.2, 0.25) is 0 Å². The molecule has 0 saturated carbocycles. The van der Waals surface area contributed by atoms with Crippen molar-refractivity contribution in [2.24, 2.45) is 0 Å².